The predicted octanol–water partition coefficient (Wildman–Crippen LogP) is 1.21. The van der Waals surface area contributed by atoms with Crippen molar-refractivity contribution >= 4 is 16.8 Å². The van der Waals surface area contributed by atoms with Crippen LogP contribution in [0, 0.1) is 5.41 Å². The van der Waals surface area contributed by atoms with Gasteiger partial charge in [0.25, 0.3) is 0 Å². The van der Waals surface area contributed by atoms with E-state index in [-0.39, 0.29) is 5.41 Å². The normalized spacial score (nSPS) is 17.9. The van der Waals surface area contributed by atoms with Crippen LogP contribution in [0.2, 0.25) is 0 Å². The van der Waals surface area contributed by atoms with Gasteiger partial charge in [0.05, 0.1) is 13.2 Å². The van der Waals surface area contributed by atoms with Crippen LogP contribution in [0.5, 0.6) is 0 Å². The smallest absolute Gasteiger partial charge is 0.181 e. The molecular formula is C12H15N3O2. The first-order chi connectivity index (χ1) is 8.31. The fourth-order valence-electron chi connectivity index (χ4n) is 1.94. The summed E-state index contributed by atoms with van der Waals surface area (Å²) in [7, 11) is 0. The minimum atomic E-state index is 0.0936. The molecule has 1 aromatic carbocycles. The molecule has 2 heterocycles. The van der Waals surface area contributed by atoms with Crippen LogP contribution < -0.4 is 11.1 Å². The summed E-state index contributed by atoms with van der Waals surface area (Å²) in [6.45, 7) is 2.94. The monoisotopic (exact) mass is 233 g/mol. The van der Waals surface area contributed by atoms with Crippen LogP contribution in [-0.4, -0.2) is 31.3 Å². The van der Waals surface area contributed by atoms with Gasteiger partial charge in [0.15, 0.2) is 12.0 Å². The summed E-state index contributed by atoms with van der Waals surface area (Å²) >= 11 is 0. The number of nitrogens with two attached hydrogens (primary N) is 1. The number of benzene rings is 1. The molecule has 1 aliphatic heterocycles. The summed E-state index contributed by atoms with van der Waals surface area (Å²) in [5, 5.41) is 3.37. The summed E-state index contributed by atoms with van der Waals surface area (Å²) in [5.74, 6) is 0. The summed E-state index contributed by atoms with van der Waals surface area (Å²) in [6, 6.07) is 5.88. The minimum absolute atomic E-state index is 0.0936. The predicted molar refractivity (Wildman–Crippen MR) is 64.8 cm³/mol. The molecule has 3 N–H and O–H groups in total. The van der Waals surface area contributed by atoms with Crippen molar-refractivity contribution in [1.82, 2.24) is 4.98 Å². The van der Waals surface area contributed by atoms with Gasteiger partial charge in [-0.15, -0.1) is 0 Å². The largest absolute Gasteiger partial charge is 0.443 e. The van der Waals surface area contributed by atoms with Gasteiger partial charge in [-0.1, -0.05) is 0 Å². The molecule has 90 valence electrons. The second kappa shape index (κ2) is 4.01. The maximum atomic E-state index is 5.76. The molecule has 5 heteroatoms. The lowest BCUT2D eigenvalue weighted by Gasteiger charge is -2.40. The second-order valence-corrected chi connectivity index (χ2v) is 4.59. The van der Waals surface area contributed by atoms with Crippen molar-refractivity contribution in [3.63, 3.8) is 0 Å². The number of hydrogen-bond donors (Lipinski definition) is 2. The Hall–Kier alpha value is -1.59. The van der Waals surface area contributed by atoms with E-state index in [0.29, 0.717) is 6.54 Å². The Balaban J connectivity index is 1.71. The van der Waals surface area contributed by atoms with Gasteiger partial charge in [-0.05, 0) is 12.1 Å². The molecule has 3 rings (SSSR count). The molecule has 1 fully saturated rings. The zero-order valence-electron chi connectivity index (χ0n) is 9.48. The quantitative estimate of drug-likeness (QED) is 0.830. The molecule has 0 aliphatic carbocycles. The third-order valence-corrected chi connectivity index (χ3v) is 3.25. The van der Waals surface area contributed by atoms with E-state index in [4.69, 9.17) is 14.9 Å². The van der Waals surface area contributed by atoms with E-state index in [1.807, 2.05) is 18.2 Å². The number of oxazole rings is 1. The van der Waals surface area contributed by atoms with Crippen LogP contribution in [0.4, 0.5) is 5.69 Å². The van der Waals surface area contributed by atoms with Gasteiger partial charge in [0, 0.05) is 30.3 Å². The highest BCUT2D eigenvalue weighted by atomic mass is 16.5. The Bertz CT molecular complexity index is 514. The maximum Gasteiger partial charge on any atom is 0.181 e. The second-order valence-electron chi connectivity index (χ2n) is 4.59. The highest BCUT2D eigenvalue weighted by Gasteiger charge is 2.36. The van der Waals surface area contributed by atoms with E-state index in [1.54, 1.807) is 0 Å². The summed E-state index contributed by atoms with van der Waals surface area (Å²) < 4.78 is 10.5. The van der Waals surface area contributed by atoms with Gasteiger partial charge in [0.1, 0.15) is 5.52 Å². The van der Waals surface area contributed by atoms with Crippen molar-refractivity contribution in [3.8, 4) is 0 Å². The van der Waals surface area contributed by atoms with E-state index < -0.39 is 0 Å². The molecule has 0 atom stereocenters. The standard InChI is InChI=1S/C12H15N3O2/c13-4-12(6-16-7-12)5-14-9-1-2-10-11(3-9)17-8-15-10/h1-3,8,14H,4-7,13H2. The lowest BCUT2D eigenvalue weighted by Crippen LogP contribution is -2.52. The number of nitrogens with one attached hydrogen (secondary N) is 1. The third-order valence-electron chi connectivity index (χ3n) is 3.25. The van der Waals surface area contributed by atoms with E-state index in [2.05, 4.69) is 10.3 Å². The maximum absolute atomic E-state index is 5.76. The molecule has 1 aliphatic rings. The van der Waals surface area contributed by atoms with E-state index in [0.717, 1.165) is 36.5 Å². The Kier molecular flexibility index (Phi) is 2.49. The molecular weight excluding hydrogens is 218 g/mol. The highest BCUT2D eigenvalue weighted by Crippen LogP contribution is 2.27. The molecule has 1 aromatic heterocycles. The lowest BCUT2D eigenvalue weighted by molar-refractivity contribution is -0.0979. The first-order valence-corrected chi connectivity index (χ1v) is 5.66. The molecule has 0 bridgehead atoms. The Morgan fingerprint density at radius 2 is 2.29 bits per heavy atom. The highest BCUT2D eigenvalue weighted by molar-refractivity contribution is 5.76. The third kappa shape index (κ3) is 1.87. The molecule has 2 aromatic rings. The van der Waals surface area contributed by atoms with Crippen molar-refractivity contribution in [2.45, 2.75) is 0 Å². The van der Waals surface area contributed by atoms with Crippen LogP contribution in [0.15, 0.2) is 29.0 Å². The van der Waals surface area contributed by atoms with Gasteiger partial charge in [-0.25, -0.2) is 4.98 Å². The average Bonchev–Trinajstić information content (AvgIpc) is 2.75. The van der Waals surface area contributed by atoms with Crippen molar-refractivity contribution < 1.29 is 9.15 Å². The van der Waals surface area contributed by atoms with Gasteiger partial charge >= 0.3 is 0 Å². The fourth-order valence-corrected chi connectivity index (χ4v) is 1.94. The number of nitrogens with zero attached hydrogens (tertiary/aromatic N) is 1. The van der Waals surface area contributed by atoms with Gasteiger partial charge in [-0.3, -0.25) is 0 Å². The molecule has 0 spiro atoms. The number of fused-ring (bicyclic) bond motifs is 1. The van der Waals surface area contributed by atoms with Gasteiger partial charge < -0.3 is 20.2 Å². The average molecular weight is 233 g/mol. The zero-order chi connectivity index (χ0) is 11.7. The summed E-state index contributed by atoms with van der Waals surface area (Å²) in [6.07, 6.45) is 1.45. The molecule has 5 nitrogen and oxygen atoms in total. The molecule has 1 saturated heterocycles. The van der Waals surface area contributed by atoms with Crippen LogP contribution in [0.3, 0.4) is 0 Å². The number of anilines is 1. The Morgan fingerprint density at radius 3 is 3.00 bits per heavy atom. The molecule has 0 radical (unpaired) electrons. The van der Waals surface area contributed by atoms with Crippen LogP contribution in [-0.2, 0) is 4.74 Å². The molecule has 0 saturated carbocycles. The summed E-state index contributed by atoms with van der Waals surface area (Å²) in [5.41, 5.74) is 8.54. The molecule has 17 heavy (non-hydrogen) atoms. The van der Waals surface area contributed by atoms with Crippen molar-refractivity contribution in [2.24, 2.45) is 11.1 Å². The summed E-state index contributed by atoms with van der Waals surface area (Å²) in [4.78, 5) is 4.08. The number of ether oxygens (including phenoxy) is 1. The van der Waals surface area contributed by atoms with Crippen LogP contribution in [0.1, 0.15) is 0 Å². The van der Waals surface area contributed by atoms with Crippen molar-refractivity contribution in [3.05, 3.63) is 24.6 Å². The Morgan fingerprint density at radius 1 is 1.41 bits per heavy atom. The minimum Gasteiger partial charge on any atom is -0.443 e. The first-order valence-electron chi connectivity index (χ1n) is 5.66. The van der Waals surface area contributed by atoms with E-state index >= 15 is 0 Å². The SMILES string of the molecule is NCC1(CNc2ccc3ncoc3c2)COC1. The number of rotatable bonds is 4. The van der Waals surface area contributed by atoms with E-state index in [9.17, 15) is 0 Å². The van der Waals surface area contributed by atoms with Crippen molar-refractivity contribution in [1.29, 1.82) is 0 Å². The topological polar surface area (TPSA) is 73.3 Å². The number of aromatic nitrogens is 1. The van der Waals surface area contributed by atoms with Crippen LogP contribution in [0.25, 0.3) is 11.1 Å². The Labute approximate surface area is 98.9 Å². The first kappa shape index (κ1) is 10.6. The number of hydrogen-bond acceptors (Lipinski definition) is 5. The van der Waals surface area contributed by atoms with Gasteiger partial charge in [-0.2, -0.15) is 0 Å². The van der Waals surface area contributed by atoms with Crippen molar-refractivity contribution in [2.75, 3.05) is 31.6 Å². The molecule has 0 amide bonds. The van der Waals surface area contributed by atoms with Gasteiger partial charge in [0.2, 0.25) is 0 Å². The zero-order valence-corrected chi connectivity index (χ0v) is 9.48. The fraction of sp³-hybridized carbons (Fsp3) is 0.417. The molecule has 0 unspecified atom stereocenters. The van der Waals surface area contributed by atoms with Crippen LogP contribution >= 0.6 is 0 Å². The van der Waals surface area contributed by atoms with E-state index in [1.165, 1.54) is 6.39 Å². The lowest BCUT2D eigenvalue weighted by atomic mass is 9.86.